The number of ether oxygens (including phenoxy) is 1. The lowest BCUT2D eigenvalue weighted by atomic mass is 9.88. The molecule has 0 amide bonds. The Morgan fingerprint density at radius 1 is 1.43 bits per heavy atom. The third-order valence-corrected chi connectivity index (χ3v) is 4.81. The highest BCUT2D eigenvalue weighted by atomic mass is 32.2. The Bertz CT molecular complexity index is 562. The molecule has 3 N–H and O–H groups in total. The van der Waals surface area contributed by atoms with Crippen molar-refractivity contribution < 1.29 is 13.2 Å². The summed E-state index contributed by atoms with van der Waals surface area (Å²) in [6, 6.07) is 1.60. The second kappa shape index (κ2) is 7.20. The third kappa shape index (κ3) is 4.66. The first-order valence-corrected chi connectivity index (χ1v) is 8.85. The minimum atomic E-state index is -3.77. The van der Waals surface area contributed by atoms with E-state index in [4.69, 9.17) is 9.88 Å². The van der Waals surface area contributed by atoms with Gasteiger partial charge in [-0.2, -0.15) is 0 Å². The summed E-state index contributed by atoms with van der Waals surface area (Å²) < 4.78 is 28.8. The molecule has 0 saturated heterocycles. The number of nitrogens with one attached hydrogen (secondary N) is 1. The largest absolute Gasteiger partial charge is 0.382 e. The van der Waals surface area contributed by atoms with Crippen molar-refractivity contribution >= 4 is 15.7 Å². The molecule has 2 unspecified atom stereocenters. The molecule has 7 heteroatoms. The number of nitrogens with two attached hydrogens (primary N) is 1. The van der Waals surface area contributed by atoms with E-state index in [0.717, 1.165) is 6.42 Å². The number of pyridine rings is 1. The number of nitrogens with zero attached hydrogens (tertiary/aromatic N) is 1. The number of aromatic nitrogens is 1. The number of hydrogen-bond donors (Lipinski definition) is 2. The second-order valence-corrected chi connectivity index (χ2v) is 7.04. The molecule has 0 bridgehead atoms. The van der Waals surface area contributed by atoms with Crippen LogP contribution in [0.3, 0.4) is 0 Å². The summed E-state index contributed by atoms with van der Waals surface area (Å²) in [5, 5.41) is 8.21. The van der Waals surface area contributed by atoms with E-state index in [9.17, 15) is 8.42 Å². The topological polar surface area (TPSA) is 94.3 Å². The summed E-state index contributed by atoms with van der Waals surface area (Å²) in [7, 11) is -3.77. The van der Waals surface area contributed by atoms with Crippen LogP contribution in [0.4, 0.5) is 5.69 Å². The predicted molar refractivity (Wildman–Crippen MR) is 81.5 cm³/mol. The zero-order chi connectivity index (χ0) is 15.3. The molecule has 0 aliphatic heterocycles. The quantitative estimate of drug-likeness (QED) is 0.780. The Kier molecular flexibility index (Phi) is 5.55. The van der Waals surface area contributed by atoms with Crippen LogP contribution in [-0.2, 0) is 14.8 Å². The average molecular weight is 313 g/mol. The fourth-order valence-electron chi connectivity index (χ4n) is 2.68. The maximum Gasteiger partial charge on any atom is 0.241 e. The molecule has 0 radical (unpaired) electrons. The number of primary sulfonamides is 1. The van der Waals surface area contributed by atoms with Crippen LogP contribution in [0.5, 0.6) is 0 Å². The summed E-state index contributed by atoms with van der Waals surface area (Å²) in [4.78, 5) is 3.80. The van der Waals surface area contributed by atoms with E-state index in [2.05, 4.69) is 17.2 Å². The summed E-state index contributed by atoms with van der Waals surface area (Å²) >= 11 is 0. The van der Waals surface area contributed by atoms with Gasteiger partial charge in [-0.3, -0.25) is 4.98 Å². The lowest BCUT2D eigenvalue weighted by Gasteiger charge is -2.28. The lowest BCUT2D eigenvalue weighted by Crippen LogP contribution is -2.27. The highest BCUT2D eigenvalue weighted by Gasteiger charge is 2.21. The van der Waals surface area contributed by atoms with Crippen LogP contribution in [0.2, 0.25) is 0 Å². The van der Waals surface area contributed by atoms with Crippen LogP contribution < -0.4 is 10.5 Å². The van der Waals surface area contributed by atoms with Crippen LogP contribution in [0.15, 0.2) is 23.4 Å². The van der Waals surface area contributed by atoms with E-state index < -0.39 is 10.0 Å². The van der Waals surface area contributed by atoms with Gasteiger partial charge in [0.1, 0.15) is 4.90 Å². The van der Waals surface area contributed by atoms with E-state index >= 15 is 0 Å². The Labute approximate surface area is 126 Å². The van der Waals surface area contributed by atoms with Crippen molar-refractivity contribution in [3.05, 3.63) is 18.5 Å². The van der Waals surface area contributed by atoms with E-state index in [-0.39, 0.29) is 4.90 Å². The number of hydrogen-bond acceptors (Lipinski definition) is 5. The van der Waals surface area contributed by atoms with Gasteiger partial charge in [0.2, 0.25) is 10.0 Å². The van der Waals surface area contributed by atoms with Crippen LogP contribution in [0.1, 0.15) is 32.6 Å². The van der Waals surface area contributed by atoms with E-state index in [1.165, 1.54) is 31.7 Å². The molecular formula is C14H23N3O3S. The minimum Gasteiger partial charge on any atom is -0.382 e. The number of rotatable bonds is 6. The molecule has 1 fully saturated rings. The monoisotopic (exact) mass is 313 g/mol. The van der Waals surface area contributed by atoms with E-state index in [0.29, 0.717) is 30.9 Å². The Hall–Kier alpha value is -1.18. The molecule has 1 saturated carbocycles. The number of sulfonamides is 1. The molecule has 6 nitrogen and oxygen atoms in total. The molecule has 2 rings (SSSR count). The van der Waals surface area contributed by atoms with Gasteiger partial charge < -0.3 is 10.1 Å². The average Bonchev–Trinajstić information content (AvgIpc) is 2.45. The normalized spacial score (nSPS) is 23.0. The van der Waals surface area contributed by atoms with Gasteiger partial charge in [-0.25, -0.2) is 13.6 Å². The molecule has 1 aliphatic carbocycles. The highest BCUT2D eigenvalue weighted by molar-refractivity contribution is 7.89. The van der Waals surface area contributed by atoms with Gasteiger partial charge in [0.25, 0.3) is 0 Å². The van der Waals surface area contributed by atoms with Gasteiger partial charge in [-0.15, -0.1) is 0 Å². The minimum absolute atomic E-state index is 0.0102. The molecule has 21 heavy (non-hydrogen) atoms. The molecule has 0 aromatic carbocycles. The van der Waals surface area contributed by atoms with Crippen LogP contribution in [0.25, 0.3) is 0 Å². The summed E-state index contributed by atoms with van der Waals surface area (Å²) in [5.41, 5.74) is 0.466. The van der Waals surface area contributed by atoms with E-state index in [1.807, 2.05) is 0 Å². The first kappa shape index (κ1) is 16.2. The smallest absolute Gasteiger partial charge is 0.241 e. The van der Waals surface area contributed by atoms with Gasteiger partial charge in [-0.05, 0) is 24.8 Å². The maximum absolute atomic E-state index is 11.4. The van der Waals surface area contributed by atoms with E-state index in [1.54, 1.807) is 6.07 Å². The van der Waals surface area contributed by atoms with Crippen molar-refractivity contribution in [2.24, 2.45) is 11.1 Å². The molecule has 1 aromatic rings. The zero-order valence-corrected chi connectivity index (χ0v) is 13.1. The summed E-state index contributed by atoms with van der Waals surface area (Å²) in [6.07, 6.45) is 7.94. The standard InChI is InChI=1S/C14H23N3O3S/c1-11-4-2-3-5-13(11)20-9-8-17-12-6-7-16-10-14(12)21(15,18)19/h6-7,10-11,13H,2-5,8-9H2,1H3,(H,16,17)(H2,15,18,19). The highest BCUT2D eigenvalue weighted by Crippen LogP contribution is 2.26. The number of anilines is 1. The van der Waals surface area contributed by atoms with Crippen molar-refractivity contribution in [3.63, 3.8) is 0 Å². The predicted octanol–water partition coefficient (Wildman–Crippen LogP) is 1.74. The van der Waals surface area contributed by atoms with Crippen LogP contribution >= 0.6 is 0 Å². The first-order chi connectivity index (χ1) is 9.98. The van der Waals surface area contributed by atoms with Gasteiger partial charge in [0.15, 0.2) is 0 Å². The lowest BCUT2D eigenvalue weighted by molar-refractivity contribution is 0.000379. The molecule has 118 valence electrons. The Morgan fingerprint density at radius 2 is 2.19 bits per heavy atom. The van der Waals surface area contributed by atoms with Gasteiger partial charge in [-0.1, -0.05) is 19.8 Å². The molecule has 1 aliphatic rings. The Morgan fingerprint density at radius 3 is 2.90 bits per heavy atom. The van der Waals surface area contributed by atoms with Gasteiger partial charge >= 0.3 is 0 Å². The SMILES string of the molecule is CC1CCCCC1OCCNc1ccncc1S(N)(=O)=O. The van der Waals surface area contributed by atoms with Crippen molar-refractivity contribution in [3.8, 4) is 0 Å². The van der Waals surface area contributed by atoms with Crippen LogP contribution in [0, 0.1) is 5.92 Å². The summed E-state index contributed by atoms with van der Waals surface area (Å²) in [6.45, 7) is 3.30. The summed E-state index contributed by atoms with van der Waals surface area (Å²) in [5.74, 6) is 0.597. The zero-order valence-electron chi connectivity index (χ0n) is 12.3. The molecule has 1 aromatic heterocycles. The van der Waals surface area contributed by atoms with Crippen molar-refractivity contribution in [1.82, 2.24) is 4.98 Å². The molecular weight excluding hydrogens is 290 g/mol. The van der Waals surface area contributed by atoms with Crippen molar-refractivity contribution in [2.75, 3.05) is 18.5 Å². The van der Waals surface area contributed by atoms with Crippen LogP contribution in [-0.4, -0.2) is 32.7 Å². The molecule has 0 spiro atoms. The van der Waals surface area contributed by atoms with Crippen molar-refractivity contribution in [2.45, 2.75) is 43.6 Å². The molecule has 1 heterocycles. The molecule has 2 atom stereocenters. The maximum atomic E-state index is 11.4. The fourth-order valence-corrected chi connectivity index (χ4v) is 3.33. The second-order valence-electron chi connectivity index (χ2n) is 5.51. The first-order valence-electron chi connectivity index (χ1n) is 7.31. The Balaban J connectivity index is 1.84. The van der Waals surface area contributed by atoms with Gasteiger partial charge in [0, 0.05) is 18.9 Å². The third-order valence-electron chi connectivity index (χ3n) is 3.87. The fraction of sp³-hybridized carbons (Fsp3) is 0.643. The van der Waals surface area contributed by atoms with Crippen molar-refractivity contribution in [1.29, 1.82) is 0 Å². The van der Waals surface area contributed by atoms with Gasteiger partial charge in [0.05, 0.1) is 18.4 Å².